The summed E-state index contributed by atoms with van der Waals surface area (Å²) in [5.74, 6) is 1.53. The highest BCUT2D eigenvalue weighted by Gasteiger charge is 2.26. The molecule has 11 heteroatoms. The summed E-state index contributed by atoms with van der Waals surface area (Å²) < 4.78 is 38.2. The van der Waals surface area contributed by atoms with Gasteiger partial charge in [-0.2, -0.15) is 0 Å². The zero-order valence-electron chi connectivity index (χ0n) is 19.5. The normalized spacial score (nSPS) is 16.8. The number of carbonyl (C=O) groups is 2. The highest BCUT2D eigenvalue weighted by atomic mass is 79.9. The summed E-state index contributed by atoms with van der Waals surface area (Å²) in [5.41, 5.74) is 0.771. The molecular weight excluding hydrogens is 592 g/mol. The predicted octanol–water partition coefficient (Wildman–Crippen LogP) is 5.84. The number of ether oxygens (including phenoxy) is 2. The molecule has 0 unspecified atom stereocenters. The zero-order chi connectivity index (χ0) is 25.5. The standard InChI is InChI=1S/C10H11BrFNO.C10H12FNO.C4H4BrNO2/c1-6-9(12)4-8(11)10(13-6)14-5-7-2-3-7;1-7-9(11)4-5-10(12-7)13-6-8-2-3-8;5-6-3(7)1-2-4(6)8/h4,7H,2-3,5H2,1H3;4-5,8H,2-3,6H2,1H3;1-2H2. The molecule has 2 aromatic heterocycles. The second kappa shape index (κ2) is 12.7. The average Bonchev–Trinajstić information content (AvgIpc) is 3.75. The molecule has 0 spiro atoms. The molecule has 0 N–H and O–H groups in total. The van der Waals surface area contributed by atoms with E-state index in [2.05, 4.69) is 42.0 Å². The van der Waals surface area contributed by atoms with Crippen LogP contribution >= 0.6 is 32.1 Å². The van der Waals surface area contributed by atoms with E-state index in [1.54, 1.807) is 19.9 Å². The van der Waals surface area contributed by atoms with Gasteiger partial charge in [0.1, 0.15) is 11.6 Å². The van der Waals surface area contributed by atoms with Crippen molar-refractivity contribution in [3.05, 3.63) is 45.7 Å². The summed E-state index contributed by atoms with van der Waals surface area (Å²) in [7, 11) is 0. The van der Waals surface area contributed by atoms with Gasteiger partial charge in [0, 0.05) is 18.9 Å². The van der Waals surface area contributed by atoms with E-state index < -0.39 is 0 Å². The van der Waals surface area contributed by atoms with Crippen LogP contribution in [0.4, 0.5) is 8.78 Å². The van der Waals surface area contributed by atoms with E-state index in [1.165, 1.54) is 37.8 Å². The molecule has 5 rings (SSSR count). The van der Waals surface area contributed by atoms with Crippen LogP contribution < -0.4 is 9.47 Å². The Hall–Kier alpha value is -2.14. The van der Waals surface area contributed by atoms with Crippen molar-refractivity contribution in [2.24, 2.45) is 11.8 Å². The first kappa shape index (κ1) is 27.4. The number of aromatic nitrogens is 2. The maximum Gasteiger partial charge on any atom is 0.239 e. The molecule has 0 aromatic carbocycles. The highest BCUT2D eigenvalue weighted by Crippen LogP contribution is 2.31. The quantitative estimate of drug-likeness (QED) is 0.299. The van der Waals surface area contributed by atoms with Gasteiger partial charge in [0.05, 0.1) is 45.2 Å². The number of amides is 2. The van der Waals surface area contributed by atoms with Crippen LogP contribution in [0.2, 0.25) is 0 Å². The Morgan fingerprint density at radius 2 is 1.46 bits per heavy atom. The monoisotopic (exact) mass is 617 g/mol. The Kier molecular flexibility index (Phi) is 9.97. The molecule has 190 valence electrons. The first-order valence-corrected chi connectivity index (χ1v) is 12.9. The second-order valence-corrected chi connectivity index (χ2v) is 10.2. The molecule has 2 saturated carbocycles. The van der Waals surface area contributed by atoms with Crippen molar-refractivity contribution in [3.63, 3.8) is 0 Å². The lowest BCUT2D eigenvalue weighted by Crippen LogP contribution is -2.16. The van der Waals surface area contributed by atoms with Crippen molar-refractivity contribution in [1.29, 1.82) is 0 Å². The molecule has 1 aliphatic heterocycles. The molecule has 3 heterocycles. The van der Waals surface area contributed by atoms with Gasteiger partial charge >= 0.3 is 0 Å². The smallest absolute Gasteiger partial charge is 0.239 e. The van der Waals surface area contributed by atoms with Gasteiger partial charge in [-0.3, -0.25) is 9.59 Å². The third-order valence-electron chi connectivity index (χ3n) is 5.38. The summed E-state index contributed by atoms with van der Waals surface area (Å²) in [6.07, 6.45) is 5.67. The van der Waals surface area contributed by atoms with Crippen LogP contribution in [0.15, 0.2) is 22.7 Å². The number of pyridine rings is 2. The van der Waals surface area contributed by atoms with Gasteiger partial charge in [-0.15, -0.1) is 0 Å². The molecule has 35 heavy (non-hydrogen) atoms. The summed E-state index contributed by atoms with van der Waals surface area (Å²) in [6.45, 7) is 4.68. The molecule has 3 aliphatic rings. The van der Waals surface area contributed by atoms with Gasteiger partial charge in [0.25, 0.3) is 0 Å². The Labute approximate surface area is 220 Å². The van der Waals surface area contributed by atoms with E-state index >= 15 is 0 Å². The maximum absolute atomic E-state index is 13.0. The SMILES string of the molecule is Cc1nc(OCC2CC2)c(Br)cc1F.Cc1nc(OCC2CC2)ccc1F.O=C1CCC(=O)N1Br. The van der Waals surface area contributed by atoms with Crippen LogP contribution in [0, 0.1) is 37.3 Å². The number of hydrogen-bond acceptors (Lipinski definition) is 6. The summed E-state index contributed by atoms with van der Waals surface area (Å²) in [5, 5.41) is 0. The minimum atomic E-state index is -0.310. The zero-order valence-corrected chi connectivity index (χ0v) is 22.7. The molecule has 0 radical (unpaired) electrons. The average molecular weight is 619 g/mol. The topological polar surface area (TPSA) is 81.6 Å². The van der Waals surface area contributed by atoms with Gasteiger partial charge in [0.15, 0.2) is 0 Å². The van der Waals surface area contributed by atoms with Crippen LogP contribution in [0.3, 0.4) is 0 Å². The van der Waals surface area contributed by atoms with Crippen LogP contribution in [-0.2, 0) is 9.59 Å². The minimum absolute atomic E-state index is 0.144. The summed E-state index contributed by atoms with van der Waals surface area (Å²) in [4.78, 5) is 28.9. The van der Waals surface area contributed by atoms with Gasteiger partial charge in [-0.25, -0.2) is 22.7 Å². The van der Waals surface area contributed by atoms with E-state index in [0.29, 0.717) is 58.9 Å². The lowest BCUT2D eigenvalue weighted by molar-refractivity contribution is -0.131. The van der Waals surface area contributed by atoms with Crippen molar-refractivity contribution in [3.8, 4) is 11.8 Å². The van der Waals surface area contributed by atoms with E-state index in [0.717, 1.165) is 10.5 Å². The Morgan fingerprint density at radius 1 is 0.914 bits per heavy atom. The van der Waals surface area contributed by atoms with Gasteiger partial charge in [-0.1, -0.05) is 0 Å². The first-order valence-electron chi connectivity index (χ1n) is 11.4. The number of carbonyl (C=O) groups excluding carboxylic acids is 2. The summed E-state index contributed by atoms with van der Waals surface area (Å²) in [6, 6.07) is 4.36. The highest BCUT2D eigenvalue weighted by molar-refractivity contribution is 9.10. The second-order valence-electron chi connectivity index (χ2n) is 8.64. The molecule has 0 bridgehead atoms. The third-order valence-corrected chi connectivity index (χ3v) is 6.73. The van der Waals surface area contributed by atoms with Crippen LogP contribution in [0.1, 0.15) is 49.9 Å². The molecule has 7 nitrogen and oxygen atoms in total. The number of nitrogens with zero attached hydrogens (tertiary/aromatic N) is 3. The molecule has 2 aliphatic carbocycles. The lowest BCUT2D eigenvalue weighted by atomic mass is 10.3. The van der Waals surface area contributed by atoms with Crippen LogP contribution in [0.25, 0.3) is 0 Å². The maximum atomic E-state index is 13.0. The third kappa shape index (κ3) is 9.10. The van der Waals surface area contributed by atoms with Gasteiger partial charge in [-0.05, 0) is 79.4 Å². The Bertz CT molecular complexity index is 1050. The Morgan fingerprint density at radius 3 is 1.94 bits per heavy atom. The van der Waals surface area contributed by atoms with Gasteiger partial charge in [0.2, 0.25) is 23.6 Å². The fourth-order valence-electron chi connectivity index (χ4n) is 2.76. The molecule has 1 saturated heterocycles. The fraction of sp³-hybridized carbons (Fsp3) is 0.500. The predicted molar refractivity (Wildman–Crippen MR) is 132 cm³/mol. The molecule has 3 fully saturated rings. The number of aryl methyl sites for hydroxylation is 2. The summed E-state index contributed by atoms with van der Waals surface area (Å²) >= 11 is 6.03. The number of rotatable bonds is 6. The van der Waals surface area contributed by atoms with Crippen molar-refractivity contribution in [1.82, 2.24) is 13.9 Å². The van der Waals surface area contributed by atoms with Crippen molar-refractivity contribution >= 4 is 43.9 Å². The number of halogens is 4. The molecule has 2 aromatic rings. The van der Waals surface area contributed by atoms with Crippen LogP contribution in [0.5, 0.6) is 11.8 Å². The van der Waals surface area contributed by atoms with Crippen molar-refractivity contribution in [2.75, 3.05) is 13.2 Å². The van der Waals surface area contributed by atoms with E-state index in [-0.39, 0.29) is 23.4 Å². The van der Waals surface area contributed by atoms with E-state index in [9.17, 15) is 18.4 Å². The van der Waals surface area contributed by atoms with Gasteiger partial charge < -0.3 is 9.47 Å². The van der Waals surface area contributed by atoms with E-state index in [1.807, 2.05) is 0 Å². The number of hydrogen-bond donors (Lipinski definition) is 0. The van der Waals surface area contributed by atoms with E-state index in [4.69, 9.17) is 9.47 Å². The molecular formula is C24H27Br2F2N3O4. The lowest BCUT2D eigenvalue weighted by Gasteiger charge is -2.07. The first-order chi connectivity index (χ1) is 16.6. The van der Waals surface area contributed by atoms with Crippen molar-refractivity contribution in [2.45, 2.75) is 52.4 Å². The minimum Gasteiger partial charge on any atom is -0.477 e. The largest absolute Gasteiger partial charge is 0.477 e. The number of imide groups is 1. The fourth-order valence-corrected chi connectivity index (χ4v) is 3.52. The van der Waals surface area contributed by atoms with Crippen molar-refractivity contribution < 1.29 is 27.8 Å². The molecule has 2 amide bonds. The van der Waals surface area contributed by atoms with Crippen LogP contribution in [-0.4, -0.2) is 38.9 Å². The Balaban J connectivity index is 0.000000152. The molecule has 0 atom stereocenters.